The van der Waals surface area contributed by atoms with Gasteiger partial charge in [0.2, 0.25) is 0 Å². The molecule has 0 saturated heterocycles. The number of nitrogens with one attached hydrogen (secondary N) is 2. The minimum absolute atomic E-state index is 0.202. The quantitative estimate of drug-likeness (QED) is 0.793. The van der Waals surface area contributed by atoms with Crippen molar-refractivity contribution in [2.24, 2.45) is 10.7 Å². The number of rotatable bonds is 2. The maximum atomic E-state index is 8.30. The molecule has 0 bridgehead atoms. The van der Waals surface area contributed by atoms with Crippen LogP contribution in [-0.4, -0.2) is 16.5 Å². The van der Waals surface area contributed by atoms with Crippen LogP contribution < -0.4 is 11.1 Å². The highest BCUT2D eigenvalue weighted by molar-refractivity contribution is 6.22. The predicted octanol–water partition coefficient (Wildman–Crippen LogP) is 3.38. The number of amidine groups is 1. The number of allylic oxidation sites excluding steroid dienone is 1. The molecular weight excluding hydrogens is 298 g/mol. The maximum Gasteiger partial charge on any atom is 0.150 e. The Bertz CT molecular complexity index is 873. The highest BCUT2D eigenvalue weighted by Gasteiger charge is 2.22. The Morgan fingerprint density at radius 1 is 1.25 bits per heavy atom. The van der Waals surface area contributed by atoms with E-state index < -0.39 is 0 Å². The van der Waals surface area contributed by atoms with Gasteiger partial charge >= 0.3 is 0 Å². The van der Waals surface area contributed by atoms with Crippen LogP contribution in [0.4, 0.5) is 5.69 Å². The molecule has 1 aromatic heterocycles. The Balaban J connectivity index is 2.30. The van der Waals surface area contributed by atoms with E-state index in [1.54, 1.807) is 6.92 Å². The molecule has 0 atom stereocenters. The molecule has 0 unspecified atom stereocenters. The smallest absolute Gasteiger partial charge is 0.150 e. The van der Waals surface area contributed by atoms with Crippen LogP contribution in [0.3, 0.4) is 0 Å². The Labute approximate surface area is 141 Å². The van der Waals surface area contributed by atoms with Gasteiger partial charge in [-0.15, -0.1) is 0 Å². The number of aryl methyl sites for hydroxylation is 2. The summed E-state index contributed by atoms with van der Waals surface area (Å²) in [5, 5.41) is 11.4. The zero-order chi connectivity index (χ0) is 17.3. The van der Waals surface area contributed by atoms with Crippen LogP contribution in [0.1, 0.15) is 36.2 Å². The largest absolute Gasteiger partial charge is 0.400 e. The average molecular weight is 319 g/mol. The van der Waals surface area contributed by atoms with E-state index >= 15 is 0 Å². The number of anilines is 1. The summed E-state index contributed by atoms with van der Waals surface area (Å²) in [5.41, 5.74) is 12.5. The lowest BCUT2D eigenvalue weighted by Gasteiger charge is -2.12. The topological polar surface area (TPSA) is 87.2 Å². The number of hydrogen-bond donors (Lipinski definition) is 3. The number of nitrogens with zero attached hydrogens (tertiary/aromatic N) is 2. The van der Waals surface area contributed by atoms with E-state index in [1.807, 2.05) is 43.5 Å². The van der Waals surface area contributed by atoms with E-state index in [0.717, 1.165) is 40.2 Å². The molecule has 0 fully saturated rings. The summed E-state index contributed by atoms with van der Waals surface area (Å²) in [5.74, 6) is 0.202. The first-order chi connectivity index (χ1) is 11.5. The van der Waals surface area contributed by atoms with Gasteiger partial charge < -0.3 is 11.1 Å². The zero-order valence-electron chi connectivity index (χ0n) is 14.1. The normalized spacial score (nSPS) is 16.0. The van der Waals surface area contributed by atoms with E-state index in [4.69, 9.17) is 16.1 Å². The number of benzene rings is 1. The lowest BCUT2D eigenvalue weighted by Crippen LogP contribution is -2.15. The molecule has 5 heteroatoms. The molecule has 2 aromatic rings. The SMILES string of the molecule is CCc1cc2c(cn1)C(c1ccccc1C)=N/C(=C(\C)N)C(=N)N2. The van der Waals surface area contributed by atoms with E-state index in [-0.39, 0.29) is 5.84 Å². The lowest BCUT2D eigenvalue weighted by atomic mass is 9.98. The summed E-state index contributed by atoms with van der Waals surface area (Å²) >= 11 is 0. The molecule has 1 aliphatic heterocycles. The van der Waals surface area contributed by atoms with Crippen molar-refractivity contribution in [2.45, 2.75) is 27.2 Å². The van der Waals surface area contributed by atoms with Gasteiger partial charge in [-0.1, -0.05) is 31.2 Å². The van der Waals surface area contributed by atoms with Crippen molar-refractivity contribution < 1.29 is 0 Å². The summed E-state index contributed by atoms with van der Waals surface area (Å²) in [6.07, 6.45) is 2.66. The van der Waals surface area contributed by atoms with E-state index in [1.165, 1.54) is 0 Å². The van der Waals surface area contributed by atoms with E-state index in [9.17, 15) is 0 Å². The van der Waals surface area contributed by atoms with Crippen molar-refractivity contribution in [3.63, 3.8) is 0 Å². The molecule has 1 aromatic carbocycles. The predicted molar refractivity (Wildman–Crippen MR) is 98.7 cm³/mol. The van der Waals surface area contributed by atoms with Gasteiger partial charge in [-0.05, 0) is 31.9 Å². The standard InChI is InChI=1S/C19H21N5/c1-4-13-9-16-15(10-22-13)18(14-8-6-5-7-11(14)2)24-17(12(3)20)19(21)23-16/h5-10H,4,20H2,1-3H3,(H2,21,23)/b17-12+. The monoisotopic (exact) mass is 319 g/mol. The van der Waals surface area contributed by atoms with E-state index in [0.29, 0.717) is 11.4 Å². The Morgan fingerprint density at radius 2 is 2.00 bits per heavy atom. The molecule has 1 aliphatic rings. The second-order valence-corrected chi connectivity index (χ2v) is 5.88. The molecule has 24 heavy (non-hydrogen) atoms. The second kappa shape index (κ2) is 6.28. The van der Waals surface area contributed by atoms with Gasteiger partial charge in [-0.25, -0.2) is 4.99 Å². The van der Waals surface area contributed by atoms with Crippen molar-refractivity contribution in [1.29, 1.82) is 5.41 Å². The molecule has 3 rings (SSSR count). The zero-order valence-corrected chi connectivity index (χ0v) is 14.1. The molecule has 0 radical (unpaired) electrons. The number of fused-ring (bicyclic) bond motifs is 1. The molecule has 0 amide bonds. The Kier molecular flexibility index (Phi) is 4.16. The van der Waals surface area contributed by atoms with Gasteiger partial charge in [0.25, 0.3) is 0 Å². The van der Waals surface area contributed by atoms with Crippen molar-refractivity contribution in [1.82, 2.24) is 4.98 Å². The highest BCUT2D eigenvalue weighted by Crippen LogP contribution is 2.27. The third kappa shape index (κ3) is 2.80. The minimum atomic E-state index is 0.202. The van der Waals surface area contributed by atoms with Gasteiger partial charge in [0.1, 0.15) is 5.70 Å². The highest BCUT2D eigenvalue weighted by atomic mass is 15.0. The van der Waals surface area contributed by atoms with Gasteiger partial charge in [-0.2, -0.15) is 0 Å². The fourth-order valence-corrected chi connectivity index (χ4v) is 2.74. The van der Waals surface area contributed by atoms with Gasteiger partial charge in [0.15, 0.2) is 5.84 Å². The molecule has 122 valence electrons. The molecule has 2 heterocycles. The molecule has 0 aliphatic carbocycles. The van der Waals surface area contributed by atoms with Crippen LogP contribution in [0.5, 0.6) is 0 Å². The molecular formula is C19H21N5. The summed E-state index contributed by atoms with van der Waals surface area (Å²) in [6, 6.07) is 10.0. The van der Waals surface area contributed by atoms with Crippen molar-refractivity contribution >= 4 is 17.2 Å². The number of nitrogens with two attached hydrogens (primary N) is 1. The van der Waals surface area contributed by atoms with Gasteiger partial charge in [0.05, 0.1) is 11.4 Å². The second-order valence-electron chi connectivity index (χ2n) is 5.88. The van der Waals surface area contributed by atoms with Crippen molar-refractivity contribution in [2.75, 3.05) is 5.32 Å². The number of aromatic nitrogens is 1. The van der Waals surface area contributed by atoms with Crippen molar-refractivity contribution in [3.8, 4) is 0 Å². The van der Waals surface area contributed by atoms with Crippen LogP contribution in [0.25, 0.3) is 0 Å². The van der Waals surface area contributed by atoms with Crippen LogP contribution in [0.2, 0.25) is 0 Å². The molecule has 5 nitrogen and oxygen atoms in total. The summed E-state index contributed by atoms with van der Waals surface area (Å²) in [7, 11) is 0. The van der Waals surface area contributed by atoms with Crippen LogP contribution in [-0.2, 0) is 6.42 Å². The third-order valence-corrected chi connectivity index (χ3v) is 4.07. The van der Waals surface area contributed by atoms with Gasteiger partial charge in [-0.3, -0.25) is 10.4 Å². The third-order valence-electron chi connectivity index (χ3n) is 4.07. The first-order valence-electron chi connectivity index (χ1n) is 7.97. The Hall–Kier alpha value is -2.95. The van der Waals surface area contributed by atoms with Crippen LogP contribution in [0, 0.1) is 12.3 Å². The fourth-order valence-electron chi connectivity index (χ4n) is 2.74. The first-order valence-corrected chi connectivity index (χ1v) is 7.97. The first kappa shape index (κ1) is 15.9. The van der Waals surface area contributed by atoms with E-state index in [2.05, 4.69) is 17.2 Å². The summed E-state index contributed by atoms with van der Waals surface area (Å²) < 4.78 is 0. The average Bonchev–Trinajstić information content (AvgIpc) is 2.70. The minimum Gasteiger partial charge on any atom is -0.400 e. The number of pyridine rings is 1. The Morgan fingerprint density at radius 3 is 2.67 bits per heavy atom. The van der Waals surface area contributed by atoms with Gasteiger partial charge in [0, 0.05) is 28.7 Å². The van der Waals surface area contributed by atoms with Crippen molar-refractivity contribution in [3.05, 3.63) is 70.3 Å². The lowest BCUT2D eigenvalue weighted by molar-refractivity contribution is 1.03. The summed E-state index contributed by atoms with van der Waals surface area (Å²) in [6.45, 7) is 5.87. The van der Waals surface area contributed by atoms with Crippen LogP contribution >= 0.6 is 0 Å². The summed E-state index contributed by atoms with van der Waals surface area (Å²) in [4.78, 5) is 9.24. The van der Waals surface area contributed by atoms with Crippen LogP contribution in [0.15, 0.2) is 52.9 Å². The fraction of sp³-hybridized carbons (Fsp3) is 0.211. The molecule has 0 saturated carbocycles. The maximum absolute atomic E-state index is 8.30. The number of hydrogen-bond acceptors (Lipinski definition) is 4. The molecule has 0 spiro atoms. The number of aliphatic imine (C=N–C) groups is 1. The molecule has 4 N–H and O–H groups in total.